The highest BCUT2D eigenvalue weighted by molar-refractivity contribution is 5.89. The molecular formula is C20H20F2N6O2. The van der Waals surface area contributed by atoms with Crippen LogP contribution >= 0.6 is 0 Å². The first kappa shape index (κ1) is 21.2. The van der Waals surface area contributed by atoms with Crippen LogP contribution in [0, 0.1) is 0 Å². The van der Waals surface area contributed by atoms with Gasteiger partial charge in [0.15, 0.2) is 0 Å². The summed E-state index contributed by atoms with van der Waals surface area (Å²) in [5, 5.41) is 5.59. The van der Waals surface area contributed by atoms with Crippen molar-refractivity contribution in [1.82, 2.24) is 19.9 Å². The molecule has 0 fully saturated rings. The van der Waals surface area contributed by atoms with E-state index in [4.69, 9.17) is 4.74 Å². The number of methoxy groups -OCH3 is 1. The van der Waals surface area contributed by atoms with Crippen LogP contribution in [0.4, 0.5) is 26.1 Å². The number of nitrogens with one attached hydrogen (secondary N) is 2. The van der Waals surface area contributed by atoms with Crippen molar-refractivity contribution in [2.45, 2.75) is 26.4 Å². The van der Waals surface area contributed by atoms with E-state index < -0.39 is 11.7 Å². The van der Waals surface area contributed by atoms with Gasteiger partial charge in [0.1, 0.15) is 11.6 Å². The molecule has 0 saturated carbocycles. The Morgan fingerprint density at radius 2 is 1.93 bits per heavy atom. The van der Waals surface area contributed by atoms with E-state index in [9.17, 15) is 13.6 Å². The van der Waals surface area contributed by atoms with Gasteiger partial charge in [0, 0.05) is 51.2 Å². The Hall–Kier alpha value is -3.53. The molecule has 3 aromatic heterocycles. The second-order valence-corrected chi connectivity index (χ2v) is 6.56. The SMILES string of the molecule is COCc1ccc(-c2cnc(NC(C)=O)cc2Nc2ccnc(C(C)(F)F)n2)nc1. The summed E-state index contributed by atoms with van der Waals surface area (Å²) in [5.41, 5.74) is 2.56. The molecule has 156 valence electrons. The molecule has 0 aliphatic heterocycles. The van der Waals surface area contributed by atoms with Crippen LogP contribution in [-0.4, -0.2) is 33.0 Å². The van der Waals surface area contributed by atoms with Gasteiger partial charge in [-0.15, -0.1) is 0 Å². The number of rotatable bonds is 7. The maximum atomic E-state index is 13.6. The predicted molar refractivity (Wildman–Crippen MR) is 107 cm³/mol. The molecule has 0 unspecified atom stereocenters. The fourth-order valence-corrected chi connectivity index (χ4v) is 2.63. The normalized spacial score (nSPS) is 11.2. The zero-order valence-electron chi connectivity index (χ0n) is 16.6. The van der Waals surface area contributed by atoms with Gasteiger partial charge < -0.3 is 15.4 Å². The number of amides is 1. The van der Waals surface area contributed by atoms with E-state index in [1.165, 1.54) is 25.4 Å². The zero-order valence-corrected chi connectivity index (χ0v) is 16.6. The lowest BCUT2D eigenvalue weighted by atomic mass is 10.1. The molecule has 0 bridgehead atoms. The maximum Gasteiger partial charge on any atom is 0.303 e. The molecule has 3 heterocycles. The molecule has 0 spiro atoms. The van der Waals surface area contributed by atoms with E-state index in [1.807, 2.05) is 6.07 Å². The average Bonchev–Trinajstić information content (AvgIpc) is 2.68. The Kier molecular flexibility index (Phi) is 6.26. The summed E-state index contributed by atoms with van der Waals surface area (Å²) >= 11 is 0. The largest absolute Gasteiger partial charge is 0.380 e. The van der Waals surface area contributed by atoms with Crippen molar-refractivity contribution in [3.8, 4) is 11.3 Å². The number of halogens is 2. The van der Waals surface area contributed by atoms with Crippen molar-refractivity contribution in [1.29, 1.82) is 0 Å². The predicted octanol–water partition coefficient (Wildman–Crippen LogP) is 3.89. The molecule has 0 aromatic carbocycles. The summed E-state index contributed by atoms with van der Waals surface area (Å²) in [6.07, 6.45) is 4.45. The van der Waals surface area contributed by atoms with Gasteiger partial charge in [-0.05, 0) is 17.7 Å². The fraction of sp³-hybridized carbons (Fsp3) is 0.250. The molecule has 8 nitrogen and oxygen atoms in total. The van der Waals surface area contributed by atoms with Crippen LogP contribution in [0.3, 0.4) is 0 Å². The lowest BCUT2D eigenvalue weighted by Crippen LogP contribution is -2.13. The van der Waals surface area contributed by atoms with Crippen molar-refractivity contribution < 1.29 is 18.3 Å². The molecule has 0 atom stereocenters. The van der Waals surface area contributed by atoms with Crippen molar-refractivity contribution in [3.63, 3.8) is 0 Å². The second kappa shape index (κ2) is 8.87. The summed E-state index contributed by atoms with van der Waals surface area (Å²) in [4.78, 5) is 27.5. The Balaban J connectivity index is 2.00. The lowest BCUT2D eigenvalue weighted by Gasteiger charge is -2.15. The minimum atomic E-state index is -3.18. The molecule has 1 amide bonds. The highest BCUT2D eigenvalue weighted by Crippen LogP contribution is 2.31. The number of carbonyl (C=O) groups is 1. The molecule has 0 aliphatic carbocycles. The van der Waals surface area contributed by atoms with Gasteiger partial charge in [-0.1, -0.05) is 6.07 Å². The number of pyridine rings is 2. The third-order valence-electron chi connectivity index (χ3n) is 3.93. The highest BCUT2D eigenvalue weighted by atomic mass is 19.3. The summed E-state index contributed by atoms with van der Waals surface area (Å²) in [7, 11) is 1.59. The van der Waals surface area contributed by atoms with Crippen LogP contribution in [0.5, 0.6) is 0 Å². The molecule has 3 aromatic rings. The van der Waals surface area contributed by atoms with Gasteiger partial charge in [-0.25, -0.2) is 15.0 Å². The Bertz CT molecular complexity index is 1040. The number of carbonyl (C=O) groups excluding carboxylic acids is 1. The van der Waals surface area contributed by atoms with Crippen LogP contribution in [-0.2, 0) is 22.1 Å². The quantitative estimate of drug-likeness (QED) is 0.605. The van der Waals surface area contributed by atoms with E-state index in [0.29, 0.717) is 29.4 Å². The zero-order chi connectivity index (χ0) is 21.7. The number of ether oxygens (including phenoxy) is 1. The molecule has 10 heteroatoms. The third kappa shape index (κ3) is 5.29. The molecule has 0 aliphatic rings. The molecular weight excluding hydrogens is 394 g/mol. The minimum Gasteiger partial charge on any atom is -0.380 e. The maximum absolute atomic E-state index is 13.6. The van der Waals surface area contributed by atoms with Crippen LogP contribution in [0.1, 0.15) is 25.2 Å². The summed E-state index contributed by atoms with van der Waals surface area (Å²) < 4.78 is 32.3. The topological polar surface area (TPSA) is 102 Å². The van der Waals surface area contributed by atoms with Gasteiger partial charge in [0.05, 0.1) is 18.0 Å². The Morgan fingerprint density at radius 1 is 1.13 bits per heavy atom. The monoisotopic (exact) mass is 414 g/mol. The molecule has 0 radical (unpaired) electrons. The molecule has 2 N–H and O–H groups in total. The van der Waals surface area contributed by atoms with Gasteiger partial charge in [0.2, 0.25) is 11.7 Å². The average molecular weight is 414 g/mol. The number of hydrogen-bond acceptors (Lipinski definition) is 7. The van der Waals surface area contributed by atoms with Gasteiger partial charge in [-0.2, -0.15) is 8.78 Å². The number of aromatic nitrogens is 4. The smallest absolute Gasteiger partial charge is 0.303 e. The van der Waals surface area contributed by atoms with Gasteiger partial charge >= 0.3 is 5.92 Å². The number of hydrogen-bond donors (Lipinski definition) is 2. The number of anilines is 3. The first-order valence-electron chi connectivity index (χ1n) is 8.96. The molecule has 0 saturated heterocycles. The van der Waals surface area contributed by atoms with Crippen LogP contribution < -0.4 is 10.6 Å². The van der Waals surface area contributed by atoms with Crippen molar-refractivity contribution in [2.75, 3.05) is 17.7 Å². The first-order valence-corrected chi connectivity index (χ1v) is 8.96. The Labute approximate surface area is 171 Å². The summed E-state index contributed by atoms with van der Waals surface area (Å²) in [6, 6.07) is 6.69. The van der Waals surface area contributed by atoms with E-state index in [1.54, 1.807) is 25.4 Å². The molecule has 3 rings (SSSR count). The van der Waals surface area contributed by atoms with Gasteiger partial charge in [-0.3, -0.25) is 9.78 Å². The fourth-order valence-electron chi connectivity index (χ4n) is 2.63. The standard InChI is InChI=1S/C20H20F2N6O2/c1-12(29)26-18-8-16(27-17-6-7-23-19(28-17)20(2,21)22)14(10-25-18)15-5-4-13(9-24-15)11-30-3/h4-10H,11H2,1-3H3,(H2,23,25,26,27,28,29). The van der Waals surface area contributed by atoms with Crippen molar-refractivity contribution in [3.05, 3.63) is 54.2 Å². The number of alkyl halides is 2. The van der Waals surface area contributed by atoms with E-state index in [2.05, 4.69) is 30.6 Å². The van der Waals surface area contributed by atoms with E-state index >= 15 is 0 Å². The van der Waals surface area contributed by atoms with Crippen LogP contribution in [0.2, 0.25) is 0 Å². The van der Waals surface area contributed by atoms with E-state index in [-0.39, 0.29) is 11.7 Å². The summed E-state index contributed by atoms with van der Waals surface area (Å²) in [5.74, 6) is -3.62. The second-order valence-electron chi connectivity index (χ2n) is 6.56. The number of nitrogens with zero attached hydrogens (tertiary/aromatic N) is 4. The van der Waals surface area contributed by atoms with Gasteiger partial charge in [0.25, 0.3) is 0 Å². The van der Waals surface area contributed by atoms with Crippen LogP contribution in [0.25, 0.3) is 11.3 Å². The first-order chi connectivity index (χ1) is 14.3. The third-order valence-corrected chi connectivity index (χ3v) is 3.93. The van der Waals surface area contributed by atoms with Crippen LogP contribution in [0.15, 0.2) is 42.9 Å². The Morgan fingerprint density at radius 3 is 2.57 bits per heavy atom. The highest BCUT2D eigenvalue weighted by Gasteiger charge is 2.28. The van der Waals surface area contributed by atoms with E-state index in [0.717, 1.165) is 12.5 Å². The van der Waals surface area contributed by atoms with Crippen molar-refractivity contribution >= 4 is 23.2 Å². The summed E-state index contributed by atoms with van der Waals surface area (Å²) in [6.45, 7) is 2.51. The molecule has 30 heavy (non-hydrogen) atoms. The minimum absolute atomic E-state index is 0.166. The van der Waals surface area contributed by atoms with Crippen molar-refractivity contribution in [2.24, 2.45) is 0 Å². The lowest BCUT2D eigenvalue weighted by molar-refractivity contribution is -0.114.